The van der Waals surface area contributed by atoms with Crippen LogP contribution in [0, 0.1) is 0 Å². The largest absolute Gasteiger partial charge is 0.393 e. The summed E-state index contributed by atoms with van der Waals surface area (Å²) in [6.07, 6.45) is 4.28. The number of hydrogen-bond acceptors (Lipinski definition) is 6. The number of aromatic nitrogens is 3. The van der Waals surface area contributed by atoms with Crippen LogP contribution >= 0.6 is 0 Å². The molecule has 4 N–H and O–H groups in total. The molecular formula is C16H18N6. The van der Waals surface area contributed by atoms with Crippen LogP contribution in [0.3, 0.4) is 0 Å². The van der Waals surface area contributed by atoms with Gasteiger partial charge < -0.3 is 16.4 Å². The summed E-state index contributed by atoms with van der Waals surface area (Å²) in [6, 6.07) is 9.82. The van der Waals surface area contributed by atoms with Crippen LogP contribution in [0.4, 0.5) is 23.0 Å². The van der Waals surface area contributed by atoms with Crippen LogP contribution in [0.2, 0.25) is 0 Å². The number of rotatable bonds is 5. The Labute approximate surface area is 128 Å². The molecule has 0 bridgehead atoms. The van der Waals surface area contributed by atoms with Crippen LogP contribution < -0.4 is 16.4 Å². The molecule has 22 heavy (non-hydrogen) atoms. The summed E-state index contributed by atoms with van der Waals surface area (Å²) in [6.45, 7) is 2.91. The highest BCUT2D eigenvalue weighted by Gasteiger charge is 2.09. The summed E-state index contributed by atoms with van der Waals surface area (Å²) in [5.41, 5.74) is 8.50. The molecule has 0 spiro atoms. The smallest absolute Gasteiger partial charge is 0.159 e. The number of pyridine rings is 1. The van der Waals surface area contributed by atoms with E-state index in [-0.39, 0.29) is 0 Å². The van der Waals surface area contributed by atoms with Crippen molar-refractivity contribution in [3.05, 3.63) is 42.9 Å². The molecular weight excluding hydrogens is 276 g/mol. The Balaban J connectivity index is 1.95. The summed E-state index contributed by atoms with van der Waals surface area (Å²) < 4.78 is 0. The van der Waals surface area contributed by atoms with Crippen LogP contribution in [-0.2, 0) is 0 Å². The minimum atomic E-state index is 0.511. The molecule has 1 aromatic carbocycles. The molecule has 2 aromatic heterocycles. The van der Waals surface area contributed by atoms with E-state index in [0.717, 1.165) is 29.6 Å². The highest BCUT2D eigenvalue weighted by atomic mass is 15.1. The highest BCUT2D eigenvalue weighted by Crippen LogP contribution is 2.29. The van der Waals surface area contributed by atoms with Crippen LogP contribution in [0.1, 0.15) is 13.3 Å². The first-order valence-corrected chi connectivity index (χ1v) is 7.24. The first-order chi connectivity index (χ1) is 10.8. The van der Waals surface area contributed by atoms with Crippen LogP contribution in [0.5, 0.6) is 0 Å². The zero-order valence-corrected chi connectivity index (χ0v) is 12.4. The van der Waals surface area contributed by atoms with Crippen LogP contribution in [0.15, 0.2) is 42.9 Å². The lowest BCUT2D eigenvalue weighted by molar-refractivity contribution is 0.966. The predicted molar refractivity (Wildman–Crippen MR) is 90.3 cm³/mol. The Morgan fingerprint density at radius 2 is 1.91 bits per heavy atom. The van der Waals surface area contributed by atoms with Gasteiger partial charge in [0.05, 0.1) is 5.52 Å². The van der Waals surface area contributed by atoms with Gasteiger partial charge in [-0.05, 0) is 30.7 Å². The van der Waals surface area contributed by atoms with E-state index in [1.807, 2.05) is 30.3 Å². The zero-order valence-electron chi connectivity index (χ0n) is 12.4. The molecule has 3 rings (SSSR count). The average Bonchev–Trinajstić information content (AvgIpc) is 2.56. The third-order valence-electron chi connectivity index (χ3n) is 3.33. The molecule has 112 valence electrons. The van der Waals surface area contributed by atoms with Gasteiger partial charge in [-0.1, -0.05) is 13.0 Å². The molecule has 3 aromatic rings. The number of benzene rings is 1. The normalized spacial score (nSPS) is 10.6. The van der Waals surface area contributed by atoms with E-state index in [4.69, 9.17) is 5.73 Å². The summed E-state index contributed by atoms with van der Waals surface area (Å²) in [5, 5.41) is 7.49. The monoisotopic (exact) mass is 294 g/mol. The van der Waals surface area contributed by atoms with Gasteiger partial charge in [-0.2, -0.15) is 0 Å². The van der Waals surface area contributed by atoms with Crippen molar-refractivity contribution < 1.29 is 0 Å². The van der Waals surface area contributed by atoms with Gasteiger partial charge in [0.2, 0.25) is 0 Å². The van der Waals surface area contributed by atoms with E-state index in [1.165, 1.54) is 6.33 Å². The van der Waals surface area contributed by atoms with Crippen molar-refractivity contribution in [2.24, 2.45) is 0 Å². The standard InChI is InChI=1S/C16H18N6/c1-2-8-19-15-14(17)16(21-10-20-15)22-13-7-3-6-12-11(13)5-4-9-18-12/h3-7,9-10H,2,8,17H2,1H3,(H2,19,20,21,22). The van der Waals surface area contributed by atoms with E-state index in [2.05, 4.69) is 32.5 Å². The number of hydrogen-bond donors (Lipinski definition) is 3. The second-order valence-electron chi connectivity index (χ2n) is 4.91. The lowest BCUT2D eigenvalue weighted by Crippen LogP contribution is -2.08. The summed E-state index contributed by atoms with van der Waals surface area (Å²) in [7, 11) is 0. The van der Waals surface area contributed by atoms with E-state index in [0.29, 0.717) is 17.3 Å². The first-order valence-electron chi connectivity index (χ1n) is 7.24. The number of nitrogens with zero attached hydrogens (tertiary/aromatic N) is 3. The molecule has 6 nitrogen and oxygen atoms in total. The second kappa shape index (κ2) is 6.26. The van der Waals surface area contributed by atoms with E-state index in [1.54, 1.807) is 6.20 Å². The summed E-state index contributed by atoms with van der Waals surface area (Å²) in [4.78, 5) is 12.8. The molecule has 0 aliphatic rings. The minimum absolute atomic E-state index is 0.511. The molecule has 0 aliphatic heterocycles. The maximum Gasteiger partial charge on any atom is 0.159 e. The number of anilines is 4. The Morgan fingerprint density at radius 1 is 1.05 bits per heavy atom. The Bertz CT molecular complexity index is 781. The molecule has 2 heterocycles. The fraction of sp³-hybridized carbons (Fsp3) is 0.188. The maximum atomic E-state index is 6.15. The summed E-state index contributed by atoms with van der Waals surface area (Å²) >= 11 is 0. The van der Waals surface area contributed by atoms with E-state index >= 15 is 0 Å². The first kappa shape index (κ1) is 14.1. The van der Waals surface area contributed by atoms with E-state index < -0.39 is 0 Å². The predicted octanol–water partition coefficient (Wildman–Crippen LogP) is 3.17. The van der Waals surface area contributed by atoms with Gasteiger partial charge in [-0.25, -0.2) is 9.97 Å². The van der Waals surface area contributed by atoms with Crippen molar-refractivity contribution in [1.29, 1.82) is 0 Å². The SMILES string of the molecule is CCCNc1ncnc(Nc2cccc3ncccc23)c1N. The van der Waals surface area contributed by atoms with Gasteiger partial charge in [-0.3, -0.25) is 4.98 Å². The highest BCUT2D eigenvalue weighted by molar-refractivity contribution is 5.94. The number of nitrogens with one attached hydrogen (secondary N) is 2. The molecule has 0 saturated carbocycles. The lowest BCUT2D eigenvalue weighted by Gasteiger charge is -2.13. The molecule has 0 aliphatic carbocycles. The van der Waals surface area contributed by atoms with Gasteiger partial charge in [0, 0.05) is 23.8 Å². The van der Waals surface area contributed by atoms with E-state index in [9.17, 15) is 0 Å². The van der Waals surface area contributed by atoms with Gasteiger partial charge >= 0.3 is 0 Å². The minimum Gasteiger partial charge on any atom is -0.393 e. The summed E-state index contributed by atoms with van der Waals surface area (Å²) in [5.74, 6) is 1.24. The van der Waals surface area contributed by atoms with Gasteiger partial charge in [0.1, 0.15) is 12.0 Å². The zero-order chi connectivity index (χ0) is 15.4. The lowest BCUT2D eigenvalue weighted by atomic mass is 10.2. The van der Waals surface area contributed by atoms with Gasteiger partial charge in [-0.15, -0.1) is 0 Å². The Hall–Kier alpha value is -2.89. The van der Waals surface area contributed by atoms with Crippen molar-refractivity contribution in [2.45, 2.75) is 13.3 Å². The van der Waals surface area contributed by atoms with Gasteiger partial charge in [0.25, 0.3) is 0 Å². The number of nitrogen functional groups attached to an aromatic ring is 1. The molecule has 6 heteroatoms. The van der Waals surface area contributed by atoms with Crippen LogP contribution in [0.25, 0.3) is 10.9 Å². The molecule has 0 radical (unpaired) electrons. The van der Waals surface area contributed by atoms with Crippen molar-refractivity contribution in [3.8, 4) is 0 Å². The maximum absolute atomic E-state index is 6.15. The fourth-order valence-corrected chi connectivity index (χ4v) is 2.22. The molecule has 0 amide bonds. The topological polar surface area (TPSA) is 88.8 Å². The number of fused-ring (bicyclic) bond motifs is 1. The van der Waals surface area contributed by atoms with Crippen molar-refractivity contribution in [1.82, 2.24) is 15.0 Å². The van der Waals surface area contributed by atoms with Crippen molar-refractivity contribution in [2.75, 3.05) is 22.9 Å². The van der Waals surface area contributed by atoms with Crippen molar-refractivity contribution in [3.63, 3.8) is 0 Å². The quantitative estimate of drug-likeness (QED) is 0.670. The van der Waals surface area contributed by atoms with Crippen molar-refractivity contribution >= 4 is 33.9 Å². The third kappa shape index (κ3) is 2.76. The number of nitrogens with two attached hydrogens (primary N) is 1. The Kier molecular flexibility index (Phi) is 4.00. The molecule has 0 saturated heterocycles. The average molecular weight is 294 g/mol. The molecule has 0 unspecified atom stereocenters. The third-order valence-corrected chi connectivity index (χ3v) is 3.33. The fourth-order valence-electron chi connectivity index (χ4n) is 2.22. The van der Waals surface area contributed by atoms with Gasteiger partial charge in [0.15, 0.2) is 11.6 Å². The van der Waals surface area contributed by atoms with Crippen LogP contribution in [-0.4, -0.2) is 21.5 Å². The molecule has 0 atom stereocenters. The molecule has 0 fully saturated rings. The second-order valence-corrected chi connectivity index (χ2v) is 4.91. The Morgan fingerprint density at radius 3 is 2.77 bits per heavy atom.